The molecule has 1 aliphatic rings. The summed E-state index contributed by atoms with van der Waals surface area (Å²) in [6, 6.07) is -1.27. The smallest absolute Gasteiger partial charge is 0.326 e. The molecule has 6 heteroatoms. The Kier molecular flexibility index (Phi) is 4.69. The Morgan fingerprint density at radius 3 is 2.35 bits per heavy atom. The van der Waals surface area contributed by atoms with Crippen LogP contribution < -0.4 is 5.32 Å². The molecule has 1 aliphatic heterocycles. The number of carboxylic acids is 1. The number of hydrogen-bond donors (Lipinski definition) is 2. The van der Waals surface area contributed by atoms with Gasteiger partial charge in [-0.25, -0.2) is 9.59 Å². The first-order valence-corrected chi connectivity index (χ1v) is 6.88. The van der Waals surface area contributed by atoms with Crippen molar-refractivity contribution in [1.82, 2.24) is 10.2 Å². The number of carboxylic acid groups (broad SMARTS) is 1. The number of carbonyl (C=O) groups excluding carboxylic acids is 1. The third-order valence-electron chi connectivity index (χ3n) is 3.24. The van der Waals surface area contributed by atoms with Crippen LogP contribution in [-0.4, -0.2) is 52.8 Å². The number of ether oxygens (including phenoxy) is 1. The largest absolute Gasteiger partial charge is 0.480 e. The molecule has 0 spiro atoms. The van der Waals surface area contributed by atoms with Crippen LogP contribution in [0.1, 0.15) is 41.5 Å². The van der Waals surface area contributed by atoms with E-state index in [0.29, 0.717) is 13.1 Å². The zero-order valence-electron chi connectivity index (χ0n) is 13.2. The van der Waals surface area contributed by atoms with Gasteiger partial charge in [0.2, 0.25) is 0 Å². The molecular weight excluding hydrogens is 260 g/mol. The molecule has 1 unspecified atom stereocenters. The maximum absolute atomic E-state index is 12.3. The fraction of sp³-hybridized carbons (Fsp3) is 0.857. The van der Waals surface area contributed by atoms with Crippen molar-refractivity contribution in [2.24, 2.45) is 5.41 Å². The van der Waals surface area contributed by atoms with Crippen LogP contribution in [0.3, 0.4) is 0 Å². The number of morpholine rings is 1. The summed E-state index contributed by atoms with van der Waals surface area (Å²) in [5.74, 6) is -1.02. The average Bonchev–Trinajstić information content (AvgIpc) is 2.20. The van der Waals surface area contributed by atoms with Crippen LogP contribution in [0.5, 0.6) is 0 Å². The summed E-state index contributed by atoms with van der Waals surface area (Å²) in [6.45, 7) is 12.0. The van der Waals surface area contributed by atoms with Crippen molar-refractivity contribution in [3.05, 3.63) is 0 Å². The van der Waals surface area contributed by atoms with Gasteiger partial charge in [-0.15, -0.1) is 0 Å². The van der Waals surface area contributed by atoms with Gasteiger partial charge in [-0.2, -0.15) is 0 Å². The Bertz CT molecular complexity index is 387. The lowest BCUT2D eigenvalue weighted by Gasteiger charge is -2.42. The van der Waals surface area contributed by atoms with E-state index in [-0.39, 0.29) is 12.1 Å². The third-order valence-corrected chi connectivity index (χ3v) is 3.24. The number of aliphatic carboxylic acids is 1. The second kappa shape index (κ2) is 5.60. The molecule has 2 N–H and O–H groups in total. The fourth-order valence-corrected chi connectivity index (χ4v) is 2.47. The second-order valence-corrected chi connectivity index (χ2v) is 7.16. The molecule has 2 amide bonds. The maximum atomic E-state index is 12.3. The average molecular weight is 286 g/mol. The summed E-state index contributed by atoms with van der Waals surface area (Å²) in [4.78, 5) is 25.2. The molecule has 0 aliphatic carbocycles. The molecule has 0 aromatic carbocycles. The molecule has 0 aromatic rings. The number of urea groups is 1. The molecule has 1 saturated heterocycles. The number of amides is 2. The van der Waals surface area contributed by atoms with E-state index in [1.54, 1.807) is 25.7 Å². The number of carbonyl (C=O) groups is 2. The number of hydrogen-bond acceptors (Lipinski definition) is 3. The standard InChI is InChI=1S/C14H26N2O4/c1-9-7-16(8-14(5,6)20-9)12(19)15-10(11(17)18)13(2,3)4/h9-10H,7-8H2,1-6H3,(H,15,19)(H,17,18)/t9?,10-/m0/s1. The first-order chi connectivity index (χ1) is 8.92. The van der Waals surface area contributed by atoms with E-state index in [9.17, 15) is 14.7 Å². The van der Waals surface area contributed by atoms with E-state index in [0.717, 1.165) is 0 Å². The topological polar surface area (TPSA) is 78.9 Å². The lowest BCUT2D eigenvalue weighted by atomic mass is 9.87. The first-order valence-electron chi connectivity index (χ1n) is 6.88. The minimum Gasteiger partial charge on any atom is -0.480 e. The molecule has 20 heavy (non-hydrogen) atoms. The van der Waals surface area contributed by atoms with E-state index in [2.05, 4.69) is 5.32 Å². The third kappa shape index (κ3) is 4.37. The second-order valence-electron chi connectivity index (χ2n) is 7.16. The Labute approximate surface area is 120 Å². The van der Waals surface area contributed by atoms with E-state index in [1.165, 1.54) is 0 Å². The lowest BCUT2D eigenvalue weighted by molar-refractivity contribution is -0.142. The van der Waals surface area contributed by atoms with Crippen molar-refractivity contribution in [2.75, 3.05) is 13.1 Å². The van der Waals surface area contributed by atoms with Crippen LogP contribution in [0, 0.1) is 5.41 Å². The summed E-state index contributed by atoms with van der Waals surface area (Å²) in [7, 11) is 0. The highest BCUT2D eigenvalue weighted by Crippen LogP contribution is 2.23. The molecule has 0 saturated carbocycles. The van der Waals surface area contributed by atoms with Crippen molar-refractivity contribution in [2.45, 2.75) is 59.3 Å². The van der Waals surface area contributed by atoms with Crippen molar-refractivity contribution in [3.63, 3.8) is 0 Å². The Balaban J connectivity index is 2.77. The highest BCUT2D eigenvalue weighted by molar-refractivity contribution is 5.83. The molecule has 6 nitrogen and oxygen atoms in total. The molecule has 1 fully saturated rings. The minimum absolute atomic E-state index is 0.0672. The summed E-state index contributed by atoms with van der Waals surface area (Å²) < 4.78 is 5.74. The number of rotatable bonds is 2. The quantitative estimate of drug-likeness (QED) is 0.809. The summed E-state index contributed by atoms with van der Waals surface area (Å²) in [6.07, 6.45) is -0.0672. The summed E-state index contributed by atoms with van der Waals surface area (Å²) in [5.41, 5.74) is -0.968. The molecule has 116 valence electrons. The Morgan fingerprint density at radius 1 is 1.40 bits per heavy atom. The minimum atomic E-state index is -1.02. The predicted molar refractivity (Wildman–Crippen MR) is 75.6 cm³/mol. The van der Waals surface area contributed by atoms with Gasteiger partial charge in [-0.3, -0.25) is 0 Å². The zero-order valence-corrected chi connectivity index (χ0v) is 13.2. The molecule has 2 atom stereocenters. The van der Waals surface area contributed by atoms with Crippen LogP contribution in [-0.2, 0) is 9.53 Å². The molecule has 0 radical (unpaired) electrons. The Hall–Kier alpha value is -1.30. The molecule has 0 aromatic heterocycles. The van der Waals surface area contributed by atoms with Gasteiger partial charge in [0.25, 0.3) is 0 Å². The first kappa shape index (κ1) is 16.8. The molecule has 1 heterocycles. The zero-order chi connectivity index (χ0) is 15.7. The summed E-state index contributed by atoms with van der Waals surface area (Å²) >= 11 is 0. The van der Waals surface area contributed by atoms with E-state index in [4.69, 9.17) is 4.74 Å². The fourth-order valence-electron chi connectivity index (χ4n) is 2.47. The number of nitrogens with zero attached hydrogens (tertiary/aromatic N) is 1. The van der Waals surface area contributed by atoms with Crippen molar-refractivity contribution < 1.29 is 19.4 Å². The van der Waals surface area contributed by atoms with Crippen LogP contribution in [0.15, 0.2) is 0 Å². The highest BCUT2D eigenvalue weighted by Gasteiger charge is 2.37. The highest BCUT2D eigenvalue weighted by atomic mass is 16.5. The monoisotopic (exact) mass is 286 g/mol. The molecular formula is C14H26N2O4. The maximum Gasteiger partial charge on any atom is 0.326 e. The van der Waals surface area contributed by atoms with Gasteiger partial charge < -0.3 is 20.1 Å². The predicted octanol–water partition coefficient (Wildman–Crippen LogP) is 1.69. The Morgan fingerprint density at radius 2 is 1.95 bits per heavy atom. The van der Waals surface area contributed by atoms with Crippen molar-refractivity contribution in [3.8, 4) is 0 Å². The van der Waals surface area contributed by atoms with Gasteiger partial charge in [-0.1, -0.05) is 20.8 Å². The van der Waals surface area contributed by atoms with Crippen molar-refractivity contribution in [1.29, 1.82) is 0 Å². The van der Waals surface area contributed by atoms with Crippen molar-refractivity contribution >= 4 is 12.0 Å². The van der Waals surface area contributed by atoms with Crippen LogP contribution in [0.25, 0.3) is 0 Å². The van der Waals surface area contributed by atoms with Gasteiger partial charge in [0, 0.05) is 6.54 Å². The molecule has 0 bridgehead atoms. The van der Waals surface area contributed by atoms with Gasteiger partial charge in [-0.05, 0) is 26.2 Å². The van der Waals surface area contributed by atoms with Gasteiger partial charge in [0.15, 0.2) is 0 Å². The van der Waals surface area contributed by atoms with Crippen LogP contribution in [0.4, 0.5) is 4.79 Å². The normalized spacial score (nSPS) is 24.1. The van der Waals surface area contributed by atoms with Gasteiger partial charge >= 0.3 is 12.0 Å². The van der Waals surface area contributed by atoms with Crippen LogP contribution in [0.2, 0.25) is 0 Å². The summed E-state index contributed by atoms with van der Waals surface area (Å²) in [5, 5.41) is 11.9. The van der Waals surface area contributed by atoms with E-state index < -0.39 is 23.0 Å². The van der Waals surface area contributed by atoms with E-state index >= 15 is 0 Å². The molecule has 1 rings (SSSR count). The SMILES string of the molecule is CC1CN(C(=O)N[C@@H](C(=O)O)C(C)(C)C)CC(C)(C)O1. The number of nitrogens with one attached hydrogen (secondary N) is 1. The lowest BCUT2D eigenvalue weighted by Crippen LogP contribution is -2.59. The van der Waals surface area contributed by atoms with E-state index in [1.807, 2.05) is 20.8 Å². The van der Waals surface area contributed by atoms with Gasteiger partial charge in [0.05, 0.1) is 18.2 Å². The van der Waals surface area contributed by atoms with Crippen LogP contribution >= 0.6 is 0 Å². The van der Waals surface area contributed by atoms with Gasteiger partial charge in [0.1, 0.15) is 6.04 Å².